The molecule has 0 radical (unpaired) electrons. The first-order valence-electron chi connectivity index (χ1n) is 6.30. The second-order valence-corrected chi connectivity index (χ2v) is 5.15. The van der Waals surface area contributed by atoms with Crippen molar-refractivity contribution in [3.8, 4) is 5.75 Å². The van der Waals surface area contributed by atoms with E-state index in [9.17, 15) is 4.79 Å². The van der Waals surface area contributed by atoms with Gasteiger partial charge in [0, 0.05) is 12.2 Å². The summed E-state index contributed by atoms with van der Waals surface area (Å²) >= 11 is 3.42. The highest BCUT2D eigenvalue weighted by atomic mass is 79.9. The minimum absolute atomic E-state index is 0.0680. The number of Topliss-reactive ketones (excluding diaryl/α,β-unsaturated/α-hetero) is 1. The van der Waals surface area contributed by atoms with E-state index >= 15 is 0 Å². The SMILES string of the molecule is CCOc1ccc(C(=O)C2CCCCO2)cc1Br. The lowest BCUT2D eigenvalue weighted by atomic mass is 10.00. The Morgan fingerprint density at radius 1 is 1.50 bits per heavy atom. The average Bonchev–Trinajstić information content (AvgIpc) is 2.41. The van der Waals surface area contributed by atoms with Crippen molar-refractivity contribution in [2.75, 3.05) is 13.2 Å². The van der Waals surface area contributed by atoms with Gasteiger partial charge in [-0.05, 0) is 60.3 Å². The maximum absolute atomic E-state index is 12.2. The van der Waals surface area contributed by atoms with Gasteiger partial charge in [-0.15, -0.1) is 0 Å². The van der Waals surface area contributed by atoms with Crippen LogP contribution < -0.4 is 4.74 Å². The van der Waals surface area contributed by atoms with Gasteiger partial charge in [-0.1, -0.05) is 0 Å². The van der Waals surface area contributed by atoms with E-state index in [4.69, 9.17) is 9.47 Å². The molecule has 0 spiro atoms. The van der Waals surface area contributed by atoms with Gasteiger partial charge < -0.3 is 9.47 Å². The van der Waals surface area contributed by atoms with Gasteiger partial charge in [-0.3, -0.25) is 4.79 Å². The standard InChI is InChI=1S/C14H17BrO3/c1-2-17-12-7-6-10(9-11(12)15)14(16)13-5-3-4-8-18-13/h6-7,9,13H,2-5,8H2,1H3. The zero-order valence-corrected chi connectivity index (χ0v) is 12.0. The molecular formula is C14H17BrO3. The molecule has 0 bridgehead atoms. The van der Waals surface area contributed by atoms with Crippen molar-refractivity contribution in [2.45, 2.75) is 32.3 Å². The van der Waals surface area contributed by atoms with Crippen LogP contribution in [0.4, 0.5) is 0 Å². The third-order valence-electron chi connectivity index (χ3n) is 2.99. The molecule has 1 aromatic rings. The van der Waals surface area contributed by atoms with Crippen LogP contribution in [0.5, 0.6) is 5.75 Å². The van der Waals surface area contributed by atoms with Crippen LogP contribution in [0.2, 0.25) is 0 Å². The van der Waals surface area contributed by atoms with Gasteiger partial charge in [0.05, 0.1) is 11.1 Å². The largest absolute Gasteiger partial charge is 0.493 e. The number of benzene rings is 1. The Hall–Kier alpha value is -0.870. The van der Waals surface area contributed by atoms with Crippen LogP contribution in [0.25, 0.3) is 0 Å². The average molecular weight is 313 g/mol. The summed E-state index contributed by atoms with van der Waals surface area (Å²) in [6, 6.07) is 5.44. The Morgan fingerprint density at radius 3 is 2.94 bits per heavy atom. The summed E-state index contributed by atoms with van der Waals surface area (Å²) < 4.78 is 11.8. The minimum Gasteiger partial charge on any atom is -0.493 e. The molecule has 98 valence electrons. The van der Waals surface area contributed by atoms with E-state index in [1.54, 1.807) is 6.07 Å². The Bertz CT molecular complexity index is 425. The second kappa shape index (κ2) is 6.34. The Kier molecular flexibility index (Phi) is 4.78. The van der Waals surface area contributed by atoms with Gasteiger partial charge in [0.15, 0.2) is 5.78 Å². The number of carbonyl (C=O) groups is 1. The van der Waals surface area contributed by atoms with E-state index in [1.807, 2.05) is 19.1 Å². The Labute approximate surface area is 116 Å². The highest BCUT2D eigenvalue weighted by molar-refractivity contribution is 9.10. The lowest BCUT2D eigenvalue weighted by Gasteiger charge is -2.21. The maximum Gasteiger partial charge on any atom is 0.191 e. The van der Waals surface area contributed by atoms with Crippen molar-refractivity contribution in [2.24, 2.45) is 0 Å². The van der Waals surface area contributed by atoms with Gasteiger partial charge >= 0.3 is 0 Å². The lowest BCUT2D eigenvalue weighted by molar-refractivity contribution is 0.0186. The van der Waals surface area contributed by atoms with Crippen LogP contribution in [-0.4, -0.2) is 25.1 Å². The van der Waals surface area contributed by atoms with Gasteiger partial charge in [-0.25, -0.2) is 0 Å². The number of rotatable bonds is 4. The summed E-state index contributed by atoms with van der Waals surface area (Å²) in [5.41, 5.74) is 0.678. The number of hydrogen-bond donors (Lipinski definition) is 0. The topological polar surface area (TPSA) is 35.5 Å². The molecule has 1 atom stereocenters. The minimum atomic E-state index is -0.274. The fourth-order valence-corrected chi connectivity index (χ4v) is 2.55. The highest BCUT2D eigenvalue weighted by Gasteiger charge is 2.23. The molecule has 1 heterocycles. The monoisotopic (exact) mass is 312 g/mol. The quantitative estimate of drug-likeness (QED) is 0.797. The molecule has 0 saturated carbocycles. The van der Waals surface area contributed by atoms with E-state index in [-0.39, 0.29) is 11.9 Å². The molecule has 0 aromatic heterocycles. The molecule has 0 N–H and O–H groups in total. The molecule has 1 aromatic carbocycles. The normalized spacial score (nSPS) is 19.6. The third kappa shape index (κ3) is 3.12. The van der Waals surface area contributed by atoms with E-state index in [0.29, 0.717) is 18.8 Å². The zero-order chi connectivity index (χ0) is 13.0. The predicted molar refractivity (Wildman–Crippen MR) is 73.2 cm³/mol. The van der Waals surface area contributed by atoms with E-state index in [1.165, 1.54) is 0 Å². The van der Waals surface area contributed by atoms with Crippen LogP contribution in [0.3, 0.4) is 0 Å². The van der Waals surface area contributed by atoms with Crippen molar-refractivity contribution in [3.05, 3.63) is 28.2 Å². The number of hydrogen-bond acceptors (Lipinski definition) is 3. The molecule has 1 fully saturated rings. The number of carbonyl (C=O) groups excluding carboxylic acids is 1. The number of ketones is 1. The van der Waals surface area contributed by atoms with Crippen LogP contribution in [-0.2, 0) is 4.74 Å². The van der Waals surface area contributed by atoms with Gasteiger partial charge in [0.1, 0.15) is 11.9 Å². The van der Waals surface area contributed by atoms with E-state index in [2.05, 4.69) is 15.9 Å². The lowest BCUT2D eigenvalue weighted by Crippen LogP contribution is -2.28. The Balaban J connectivity index is 2.12. The highest BCUT2D eigenvalue weighted by Crippen LogP contribution is 2.27. The van der Waals surface area contributed by atoms with Gasteiger partial charge in [0.25, 0.3) is 0 Å². The smallest absolute Gasteiger partial charge is 0.191 e. The molecule has 2 rings (SSSR count). The summed E-state index contributed by atoms with van der Waals surface area (Å²) in [6.07, 6.45) is 2.67. The first-order valence-corrected chi connectivity index (χ1v) is 7.10. The molecule has 1 unspecified atom stereocenters. The number of halogens is 1. The molecule has 4 heteroatoms. The predicted octanol–water partition coefficient (Wildman–Crippen LogP) is 3.60. The van der Waals surface area contributed by atoms with Gasteiger partial charge in [-0.2, -0.15) is 0 Å². The fraction of sp³-hybridized carbons (Fsp3) is 0.500. The zero-order valence-electron chi connectivity index (χ0n) is 10.4. The van der Waals surface area contributed by atoms with Crippen molar-refractivity contribution in [1.29, 1.82) is 0 Å². The van der Waals surface area contributed by atoms with E-state index < -0.39 is 0 Å². The van der Waals surface area contributed by atoms with Crippen LogP contribution >= 0.6 is 15.9 Å². The Morgan fingerprint density at radius 2 is 2.33 bits per heavy atom. The van der Waals surface area contributed by atoms with E-state index in [0.717, 1.165) is 29.5 Å². The van der Waals surface area contributed by atoms with Gasteiger partial charge in [0.2, 0.25) is 0 Å². The van der Waals surface area contributed by atoms with Crippen molar-refractivity contribution < 1.29 is 14.3 Å². The molecule has 1 saturated heterocycles. The van der Waals surface area contributed by atoms with Crippen LogP contribution in [0, 0.1) is 0 Å². The fourth-order valence-electron chi connectivity index (χ4n) is 2.06. The molecule has 18 heavy (non-hydrogen) atoms. The van der Waals surface area contributed by atoms with Crippen molar-refractivity contribution >= 4 is 21.7 Å². The first kappa shape index (κ1) is 13.6. The molecule has 3 nitrogen and oxygen atoms in total. The molecule has 0 aliphatic carbocycles. The summed E-state index contributed by atoms with van der Waals surface area (Å²) in [5.74, 6) is 0.831. The first-order chi connectivity index (χ1) is 8.72. The van der Waals surface area contributed by atoms with Crippen LogP contribution in [0.15, 0.2) is 22.7 Å². The number of ether oxygens (including phenoxy) is 2. The summed E-state index contributed by atoms with van der Waals surface area (Å²) in [4.78, 5) is 12.2. The summed E-state index contributed by atoms with van der Waals surface area (Å²) in [5, 5.41) is 0. The molecule has 1 aliphatic rings. The molecule has 1 aliphatic heterocycles. The maximum atomic E-state index is 12.2. The summed E-state index contributed by atoms with van der Waals surface area (Å²) in [6.45, 7) is 3.23. The van der Waals surface area contributed by atoms with Crippen LogP contribution in [0.1, 0.15) is 36.5 Å². The second-order valence-electron chi connectivity index (χ2n) is 4.30. The van der Waals surface area contributed by atoms with Crippen molar-refractivity contribution in [1.82, 2.24) is 0 Å². The van der Waals surface area contributed by atoms with Crippen molar-refractivity contribution in [3.63, 3.8) is 0 Å². The molecular weight excluding hydrogens is 296 g/mol. The summed E-state index contributed by atoms with van der Waals surface area (Å²) in [7, 11) is 0. The molecule has 0 amide bonds. The third-order valence-corrected chi connectivity index (χ3v) is 3.61.